The van der Waals surface area contributed by atoms with Crippen LogP contribution in [0.1, 0.15) is 145 Å². The van der Waals surface area contributed by atoms with Crippen LogP contribution in [0.2, 0.25) is 0 Å². The minimum atomic E-state index is -0.970. The van der Waals surface area contributed by atoms with Crippen LogP contribution >= 0.6 is 0 Å². The molecule has 2 atom stereocenters. The number of nitrogens with two attached hydrogens (primary N) is 2. The summed E-state index contributed by atoms with van der Waals surface area (Å²) in [7, 11) is 0. The first-order valence-corrected chi connectivity index (χ1v) is 25.5. The summed E-state index contributed by atoms with van der Waals surface area (Å²) in [4.78, 5) is 71.3. The van der Waals surface area contributed by atoms with Crippen molar-refractivity contribution in [2.75, 3.05) is 39.3 Å². The number of carbonyl (C=O) groups excluding carboxylic acids is 5. The lowest BCUT2D eigenvalue weighted by molar-refractivity contribution is -0.157. The second kappa shape index (κ2) is 24.0. The zero-order valence-corrected chi connectivity index (χ0v) is 44.4. The number of nitrogens with zero attached hydrogens (tertiary/aromatic N) is 3. The van der Waals surface area contributed by atoms with Gasteiger partial charge in [0.25, 0.3) is 11.8 Å². The van der Waals surface area contributed by atoms with Crippen LogP contribution in [0.3, 0.4) is 0 Å². The first-order valence-electron chi connectivity index (χ1n) is 25.5. The molecule has 2 aliphatic heterocycles. The second-order valence-electron chi connectivity index (χ2n) is 22.3. The molecule has 2 fully saturated rings. The van der Waals surface area contributed by atoms with Gasteiger partial charge >= 0.3 is 18.0 Å². The summed E-state index contributed by atoms with van der Waals surface area (Å²) in [6, 6.07) is 20.2. The SMILES string of the molecule is CC(C)(C)OC(=O)C(N)c1ccc(Oc2cc(O)cc(C(=O)N3CCC(CCN(CCC4CCN(C(=O)c5cc(O)cc(Oc6ccc(C(N)C(=O)OC(C)(C)C)cc6)c5)CC4)C(=O)OC(C)(C)C)CC3)c2)cc1. The van der Waals surface area contributed by atoms with Crippen molar-refractivity contribution >= 4 is 29.8 Å². The maximum Gasteiger partial charge on any atom is 0.410 e. The van der Waals surface area contributed by atoms with E-state index in [1.54, 1.807) is 117 Å². The number of aromatic hydroxyl groups is 2. The van der Waals surface area contributed by atoms with Gasteiger partial charge in [-0.1, -0.05) is 24.3 Å². The molecule has 0 aliphatic carbocycles. The molecule has 4 aromatic rings. The lowest BCUT2D eigenvalue weighted by Crippen LogP contribution is -2.42. The van der Waals surface area contributed by atoms with Gasteiger partial charge in [-0.3, -0.25) is 9.59 Å². The zero-order chi connectivity index (χ0) is 54.1. The number of piperidine rings is 2. The monoisotopic (exact) mass is 1020 g/mol. The maximum absolute atomic E-state index is 13.7. The molecule has 0 radical (unpaired) electrons. The van der Waals surface area contributed by atoms with Crippen LogP contribution in [0, 0.1) is 11.8 Å². The quantitative estimate of drug-likeness (QED) is 0.0604. The van der Waals surface area contributed by atoms with Gasteiger partial charge in [-0.25, -0.2) is 14.4 Å². The molecule has 4 aromatic carbocycles. The molecule has 400 valence electrons. The number of rotatable bonds is 16. The molecule has 6 rings (SSSR count). The van der Waals surface area contributed by atoms with Crippen molar-refractivity contribution in [3.63, 3.8) is 0 Å². The Hall–Kier alpha value is -6.85. The molecule has 74 heavy (non-hydrogen) atoms. The van der Waals surface area contributed by atoms with E-state index in [4.69, 9.17) is 35.2 Å². The molecule has 2 saturated heterocycles. The predicted molar refractivity (Wildman–Crippen MR) is 279 cm³/mol. The van der Waals surface area contributed by atoms with Crippen LogP contribution in [-0.2, 0) is 23.8 Å². The molecule has 2 heterocycles. The number of ether oxygens (including phenoxy) is 5. The molecule has 3 amide bonds. The highest BCUT2D eigenvalue weighted by molar-refractivity contribution is 5.96. The van der Waals surface area contributed by atoms with Crippen LogP contribution in [0.25, 0.3) is 0 Å². The molecule has 2 aliphatic rings. The van der Waals surface area contributed by atoms with E-state index in [0.29, 0.717) is 61.9 Å². The number of likely N-dealkylation sites (tertiary alicyclic amines) is 2. The topological polar surface area (TPSA) is 234 Å². The molecular formula is C57H75N5O12. The highest BCUT2D eigenvalue weighted by Crippen LogP contribution is 2.33. The number of hydrogen-bond donors (Lipinski definition) is 4. The van der Waals surface area contributed by atoms with Crippen molar-refractivity contribution < 1.29 is 57.9 Å². The third kappa shape index (κ3) is 16.8. The van der Waals surface area contributed by atoms with E-state index in [0.717, 1.165) is 38.5 Å². The van der Waals surface area contributed by atoms with Crippen molar-refractivity contribution in [2.24, 2.45) is 23.3 Å². The minimum Gasteiger partial charge on any atom is -0.508 e. The first kappa shape index (κ1) is 56.4. The van der Waals surface area contributed by atoms with E-state index in [-0.39, 0.29) is 63.9 Å². The highest BCUT2D eigenvalue weighted by atomic mass is 16.6. The molecule has 0 bridgehead atoms. The Balaban J connectivity index is 0.970. The molecule has 17 nitrogen and oxygen atoms in total. The van der Waals surface area contributed by atoms with Gasteiger partial charge in [0.15, 0.2) is 0 Å². The van der Waals surface area contributed by atoms with Gasteiger partial charge in [0.1, 0.15) is 63.4 Å². The fourth-order valence-electron chi connectivity index (χ4n) is 8.81. The van der Waals surface area contributed by atoms with Crippen LogP contribution < -0.4 is 20.9 Å². The van der Waals surface area contributed by atoms with Gasteiger partial charge < -0.3 is 60.1 Å². The third-order valence-electron chi connectivity index (χ3n) is 12.6. The lowest BCUT2D eigenvalue weighted by atomic mass is 9.92. The third-order valence-corrected chi connectivity index (χ3v) is 12.6. The number of esters is 2. The largest absolute Gasteiger partial charge is 0.508 e. The van der Waals surface area contributed by atoms with E-state index < -0.39 is 40.8 Å². The molecule has 0 aromatic heterocycles. The average Bonchev–Trinajstić information content (AvgIpc) is 3.32. The Bertz CT molecular complexity index is 2420. The van der Waals surface area contributed by atoms with E-state index >= 15 is 0 Å². The molecule has 0 saturated carbocycles. The van der Waals surface area contributed by atoms with E-state index in [2.05, 4.69) is 0 Å². The number of benzene rings is 4. The number of phenolic OH excluding ortho intramolecular Hbond substituents is 2. The van der Waals surface area contributed by atoms with Gasteiger partial charge in [-0.2, -0.15) is 0 Å². The van der Waals surface area contributed by atoms with Gasteiger partial charge in [-0.05, 0) is 172 Å². The summed E-state index contributed by atoms with van der Waals surface area (Å²) in [6.07, 6.45) is 4.08. The normalized spacial score (nSPS) is 15.7. The van der Waals surface area contributed by atoms with Gasteiger partial charge in [-0.15, -0.1) is 0 Å². The average molecular weight is 1020 g/mol. The summed E-state index contributed by atoms with van der Waals surface area (Å²) in [6.45, 7) is 19.2. The Morgan fingerprint density at radius 1 is 0.527 bits per heavy atom. The smallest absolute Gasteiger partial charge is 0.410 e. The van der Waals surface area contributed by atoms with Crippen LogP contribution in [-0.4, -0.2) is 111 Å². The second-order valence-corrected chi connectivity index (χ2v) is 22.3. The molecule has 17 heteroatoms. The predicted octanol–water partition coefficient (Wildman–Crippen LogP) is 9.79. The fraction of sp³-hybridized carbons (Fsp3) is 0.491. The van der Waals surface area contributed by atoms with E-state index in [1.165, 1.54) is 24.3 Å². The summed E-state index contributed by atoms with van der Waals surface area (Å²) >= 11 is 0. The van der Waals surface area contributed by atoms with Gasteiger partial charge in [0.2, 0.25) is 0 Å². The number of carbonyl (C=O) groups is 5. The minimum absolute atomic E-state index is 0.120. The Kier molecular flexibility index (Phi) is 18.3. The standard InChI is InChI=1S/C57H75N5O12/c1-55(2,3)72-52(67)48(58)38-10-14-44(15-11-38)70-46-32-40(30-42(63)34-46)50(65)60-24-18-36(19-25-60)22-28-62(54(69)74-57(7,8)9)29-23-37-20-26-61(27-21-37)51(66)41-31-43(64)35-47(33-41)71-45-16-12-39(13-17-45)49(59)53(68)73-56(4,5)6/h10-17,30-37,48-49,63-64H,18-29,58-59H2,1-9H3. The first-order chi connectivity index (χ1) is 34.7. The molecular weight excluding hydrogens is 947 g/mol. The lowest BCUT2D eigenvalue weighted by Gasteiger charge is -2.35. The van der Waals surface area contributed by atoms with E-state index in [9.17, 15) is 34.2 Å². The number of phenols is 2. The molecule has 2 unspecified atom stereocenters. The van der Waals surface area contributed by atoms with Gasteiger partial charge in [0, 0.05) is 62.5 Å². The summed E-state index contributed by atoms with van der Waals surface area (Å²) in [5, 5.41) is 21.1. The Morgan fingerprint density at radius 2 is 0.865 bits per heavy atom. The van der Waals surface area contributed by atoms with Crippen LogP contribution in [0.5, 0.6) is 34.5 Å². The van der Waals surface area contributed by atoms with Crippen molar-refractivity contribution in [3.05, 3.63) is 107 Å². The fourth-order valence-corrected chi connectivity index (χ4v) is 8.81. The summed E-state index contributed by atoms with van der Waals surface area (Å²) in [5.74, 6) is 0.146. The van der Waals surface area contributed by atoms with Crippen molar-refractivity contribution in [2.45, 2.75) is 130 Å². The summed E-state index contributed by atoms with van der Waals surface area (Å²) < 4.78 is 28.6. The van der Waals surface area contributed by atoms with Crippen LogP contribution in [0.4, 0.5) is 4.79 Å². The summed E-state index contributed by atoms with van der Waals surface area (Å²) in [5.41, 5.74) is 11.9. The van der Waals surface area contributed by atoms with Crippen molar-refractivity contribution in [3.8, 4) is 34.5 Å². The molecule has 6 N–H and O–H groups in total. The molecule has 0 spiro atoms. The maximum atomic E-state index is 13.7. The van der Waals surface area contributed by atoms with Crippen molar-refractivity contribution in [1.82, 2.24) is 14.7 Å². The number of amides is 3. The number of hydrogen-bond acceptors (Lipinski definition) is 14. The van der Waals surface area contributed by atoms with E-state index in [1.807, 2.05) is 20.8 Å². The zero-order valence-electron chi connectivity index (χ0n) is 44.4. The van der Waals surface area contributed by atoms with Gasteiger partial charge in [0.05, 0.1) is 0 Å². The highest BCUT2D eigenvalue weighted by Gasteiger charge is 2.31. The van der Waals surface area contributed by atoms with Crippen LogP contribution in [0.15, 0.2) is 84.9 Å². The van der Waals surface area contributed by atoms with Crippen molar-refractivity contribution in [1.29, 1.82) is 0 Å². The Labute approximate surface area is 435 Å². The Morgan fingerprint density at radius 3 is 1.19 bits per heavy atom.